The molecule has 1 N–H and O–H groups in total. The largest absolute Gasteiger partial charge is 0.497 e. The Morgan fingerprint density at radius 1 is 1.14 bits per heavy atom. The summed E-state index contributed by atoms with van der Waals surface area (Å²) in [7, 11) is 8.28. The topological polar surface area (TPSA) is 24.5 Å². The summed E-state index contributed by atoms with van der Waals surface area (Å²) in [5, 5.41) is 3.59. The lowest BCUT2D eigenvalue weighted by Gasteiger charge is -2.46. The van der Waals surface area contributed by atoms with Gasteiger partial charge in [0.25, 0.3) is 0 Å². The number of ether oxygens (including phenoxy) is 1. The van der Waals surface area contributed by atoms with Crippen molar-refractivity contribution < 1.29 is 4.74 Å². The van der Waals surface area contributed by atoms with E-state index in [1.54, 1.807) is 7.11 Å². The Kier molecular flexibility index (Phi) is 5.65. The molecule has 0 heterocycles. The number of hydrogen-bond donors (Lipinski definition) is 1. The zero-order chi connectivity index (χ0) is 15.3. The van der Waals surface area contributed by atoms with Gasteiger partial charge >= 0.3 is 0 Å². The maximum atomic E-state index is 5.41. The van der Waals surface area contributed by atoms with Crippen molar-refractivity contribution >= 4 is 0 Å². The van der Waals surface area contributed by atoms with Crippen molar-refractivity contribution in [2.45, 2.75) is 50.1 Å². The highest BCUT2D eigenvalue weighted by molar-refractivity contribution is 5.32. The van der Waals surface area contributed by atoms with Crippen molar-refractivity contribution in [3.05, 3.63) is 29.8 Å². The van der Waals surface area contributed by atoms with Crippen LogP contribution in [0.15, 0.2) is 24.3 Å². The van der Waals surface area contributed by atoms with Crippen LogP contribution in [-0.4, -0.2) is 38.7 Å². The fourth-order valence-electron chi connectivity index (χ4n) is 3.90. The first kappa shape index (κ1) is 16.3. The van der Waals surface area contributed by atoms with Crippen LogP contribution in [0.3, 0.4) is 0 Å². The number of likely N-dealkylation sites (N-methyl/N-ethyl adjacent to an activating group) is 2. The van der Waals surface area contributed by atoms with Crippen LogP contribution < -0.4 is 10.1 Å². The number of rotatable bonds is 5. The molecule has 0 radical (unpaired) electrons. The van der Waals surface area contributed by atoms with Crippen molar-refractivity contribution in [3.63, 3.8) is 0 Å². The van der Waals surface area contributed by atoms with E-state index in [2.05, 4.69) is 49.6 Å². The number of benzene rings is 1. The van der Waals surface area contributed by atoms with Crippen molar-refractivity contribution in [1.82, 2.24) is 10.2 Å². The number of nitrogens with zero attached hydrogens (tertiary/aromatic N) is 1. The van der Waals surface area contributed by atoms with Crippen molar-refractivity contribution in [1.29, 1.82) is 0 Å². The third-order valence-electron chi connectivity index (χ3n) is 5.11. The zero-order valence-electron chi connectivity index (χ0n) is 14.0. The second-order valence-corrected chi connectivity index (χ2v) is 6.41. The molecule has 1 aliphatic rings. The molecule has 21 heavy (non-hydrogen) atoms. The van der Waals surface area contributed by atoms with Crippen LogP contribution in [0.4, 0.5) is 0 Å². The molecule has 0 spiro atoms. The highest BCUT2D eigenvalue weighted by Gasteiger charge is 2.41. The fraction of sp³-hybridized carbons (Fsp3) is 0.667. The lowest BCUT2D eigenvalue weighted by molar-refractivity contribution is 0.0834. The second kappa shape index (κ2) is 7.28. The van der Waals surface area contributed by atoms with E-state index in [0.717, 1.165) is 5.75 Å². The van der Waals surface area contributed by atoms with E-state index in [-0.39, 0.29) is 5.54 Å². The highest BCUT2D eigenvalue weighted by Crippen LogP contribution is 2.41. The quantitative estimate of drug-likeness (QED) is 0.838. The Labute approximate surface area is 129 Å². The van der Waals surface area contributed by atoms with Gasteiger partial charge in [0.15, 0.2) is 0 Å². The van der Waals surface area contributed by atoms with Gasteiger partial charge in [0.1, 0.15) is 5.75 Å². The summed E-state index contributed by atoms with van der Waals surface area (Å²) in [6.07, 6.45) is 7.88. The molecule has 1 saturated carbocycles. The molecule has 3 nitrogen and oxygen atoms in total. The summed E-state index contributed by atoms with van der Waals surface area (Å²) in [4.78, 5) is 2.44. The maximum Gasteiger partial charge on any atom is 0.119 e. The minimum atomic E-state index is 0.192. The first-order chi connectivity index (χ1) is 10.1. The molecule has 1 unspecified atom stereocenters. The lowest BCUT2D eigenvalue weighted by Crippen LogP contribution is -2.52. The molecule has 0 saturated heterocycles. The van der Waals surface area contributed by atoms with Gasteiger partial charge in [0.05, 0.1) is 13.2 Å². The first-order valence-corrected chi connectivity index (χ1v) is 8.12. The van der Waals surface area contributed by atoms with Crippen molar-refractivity contribution in [2.75, 3.05) is 28.3 Å². The Hall–Kier alpha value is -1.06. The van der Waals surface area contributed by atoms with Crippen molar-refractivity contribution in [2.24, 2.45) is 0 Å². The molecule has 0 bridgehead atoms. The van der Waals surface area contributed by atoms with Crippen LogP contribution in [0.1, 0.15) is 50.1 Å². The van der Waals surface area contributed by atoms with E-state index in [1.165, 1.54) is 44.1 Å². The maximum absolute atomic E-state index is 5.41. The highest BCUT2D eigenvalue weighted by atomic mass is 16.5. The van der Waals surface area contributed by atoms with Gasteiger partial charge in [0.2, 0.25) is 0 Å². The SMILES string of the molecule is CNC(c1cccc(OC)c1)C1(N(C)C)CCCCCC1. The van der Waals surface area contributed by atoms with Gasteiger partial charge in [-0.1, -0.05) is 37.8 Å². The zero-order valence-corrected chi connectivity index (χ0v) is 14.0. The molecule has 1 fully saturated rings. The van der Waals surface area contributed by atoms with Crippen LogP contribution >= 0.6 is 0 Å². The van der Waals surface area contributed by atoms with E-state index in [4.69, 9.17) is 4.74 Å². The van der Waals surface area contributed by atoms with Crippen LogP contribution in [-0.2, 0) is 0 Å². The average molecular weight is 290 g/mol. The van der Waals surface area contributed by atoms with Gasteiger partial charge in [-0.05, 0) is 51.7 Å². The summed E-state index contributed by atoms with van der Waals surface area (Å²) in [6.45, 7) is 0. The minimum Gasteiger partial charge on any atom is -0.497 e. The summed E-state index contributed by atoms with van der Waals surface area (Å²) in [5.41, 5.74) is 1.52. The molecular weight excluding hydrogens is 260 g/mol. The Morgan fingerprint density at radius 2 is 1.81 bits per heavy atom. The predicted molar refractivity (Wildman–Crippen MR) is 88.9 cm³/mol. The standard InChI is InChI=1S/C18H30N2O/c1-19-17(15-10-9-11-16(14-15)21-4)18(20(2)3)12-7-5-6-8-13-18/h9-11,14,17,19H,5-8,12-13H2,1-4H3. The average Bonchev–Trinajstić information content (AvgIpc) is 2.75. The number of methoxy groups -OCH3 is 1. The van der Waals surface area contributed by atoms with Gasteiger partial charge in [0, 0.05) is 5.54 Å². The summed E-state index contributed by atoms with van der Waals surface area (Å²) in [5.74, 6) is 0.940. The van der Waals surface area contributed by atoms with E-state index in [1.807, 2.05) is 6.07 Å². The molecule has 1 atom stereocenters. The molecule has 1 aromatic rings. The minimum absolute atomic E-state index is 0.192. The molecule has 3 heteroatoms. The molecule has 0 amide bonds. The Balaban J connectivity index is 2.38. The van der Waals surface area contributed by atoms with Gasteiger partial charge in [-0.2, -0.15) is 0 Å². The molecular formula is C18H30N2O. The monoisotopic (exact) mass is 290 g/mol. The van der Waals surface area contributed by atoms with E-state index in [0.29, 0.717) is 6.04 Å². The smallest absolute Gasteiger partial charge is 0.119 e. The molecule has 118 valence electrons. The van der Waals surface area contributed by atoms with Crippen LogP contribution in [0, 0.1) is 0 Å². The molecule has 2 rings (SSSR count). The molecule has 1 aliphatic carbocycles. The van der Waals surface area contributed by atoms with Crippen LogP contribution in [0.2, 0.25) is 0 Å². The van der Waals surface area contributed by atoms with Crippen molar-refractivity contribution in [3.8, 4) is 5.75 Å². The number of hydrogen-bond acceptors (Lipinski definition) is 3. The van der Waals surface area contributed by atoms with Gasteiger partial charge in [-0.15, -0.1) is 0 Å². The second-order valence-electron chi connectivity index (χ2n) is 6.41. The van der Waals surface area contributed by atoms with Gasteiger partial charge in [-0.25, -0.2) is 0 Å². The van der Waals surface area contributed by atoms with Gasteiger partial charge in [-0.3, -0.25) is 0 Å². The summed E-state index contributed by atoms with van der Waals surface area (Å²) < 4.78 is 5.41. The Morgan fingerprint density at radius 3 is 2.33 bits per heavy atom. The van der Waals surface area contributed by atoms with Gasteiger partial charge < -0.3 is 15.0 Å². The van der Waals surface area contributed by atoms with Crippen LogP contribution in [0.5, 0.6) is 5.75 Å². The molecule has 0 aliphatic heterocycles. The Bertz CT molecular complexity index is 437. The third-order valence-corrected chi connectivity index (χ3v) is 5.11. The van der Waals surface area contributed by atoms with E-state index >= 15 is 0 Å². The molecule has 0 aromatic heterocycles. The van der Waals surface area contributed by atoms with Crippen LogP contribution in [0.25, 0.3) is 0 Å². The van der Waals surface area contributed by atoms with E-state index in [9.17, 15) is 0 Å². The summed E-state index contributed by atoms with van der Waals surface area (Å²) in [6, 6.07) is 8.85. The third kappa shape index (κ3) is 3.41. The summed E-state index contributed by atoms with van der Waals surface area (Å²) >= 11 is 0. The molecule has 1 aromatic carbocycles. The normalized spacial score (nSPS) is 20.0. The lowest BCUT2D eigenvalue weighted by atomic mass is 9.78. The fourth-order valence-corrected chi connectivity index (χ4v) is 3.90. The number of nitrogens with one attached hydrogen (secondary N) is 1. The van der Waals surface area contributed by atoms with E-state index < -0.39 is 0 Å². The predicted octanol–water partition coefficient (Wildman–Crippen LogP) is 3.61. The first-order valence-electron chi connectivity index (χ1n) is 8.12.